The van der Waals surface area contributed by atoms with Gasteiger partial charge in [0.1, 0.15) is 0 Å². The van der Waals surface area contributed by atoms with Gasteiger partial charge in [0.25, 0.3) is 0 Å². The summed E-state index contributed by atoms with van der Waals surface area (Å²) < 4.78 is 5.69. The maximum absolute atomic E-state index is 5.69. The normalized spacial score (nSPS) is 13.8. The van der Waals surface area contributed by atoms with Crippen LogP contribution < -0.4 is 0 Å². The van der Waals surface area contributed by atoms with E-state index >= 15 is 0 Å². The molecule has 0 rings (SSSR count). The zero-order valence-corrected chi connectivity index (χ0v) is 10.3. The standard InChI is InChI=1S/C11H25NO/c1-10(2,3)13-9-8-11(4,5)12(6)7/h8-9H2,1-7H3. The Balaban J connectivity index is 3.77. The Labute approximate surface area is 83.3 Å². The van der Waals surface area contributed by atoms with E-state index in [1.165, 1.54) is 0 Å². The first-order chi connectivity index (χ1) is 5.65. The van der Waals surface area contributed by atoms with Gasteiger partial charge in [-0.3, -0.25) is 0 Å². The van der Waals surface area contributed by atoms with E-state index in [-0.39, 0.29) is 11.1 Å². The summed E-state index contributed by atoms with van der Waals surface area (Å²) in [5, 5.41) is 0. The number of ether oxygens (including phenoxy) is 1. The van der Waals surface area contributed by atoms with Gasteiger partial charge in [0.05, 0.1) is 5.60 Å². The van der Waals surface area contributed by atoms with E-state index in [9.17, 15) is 0 Å². The second-order valence-corrected chi connectivity index (χ2v) is 5.42. The molecule has 0 aromatic heterocycles. The van der Waals surface area contributed by atoms with Crippen molar-refractivity contribution >= 4 is 0 Å². The third-order valence-electron chi connectivity index (χ3n) is 2.46. The van der Waals surface area contributed by atoms with Crippen molar-refractivity contribution in [1.29, 1.82) is 0 Å². The molecule has 13 heavy (non-hydrogen) atoms. The summed E-state index contributed by atoms with van der Waals surface area (Å²) in [4.78, 5) is 2.24. The molecule has 0 aromatic carbocycles. The van der Waals surface area contributed by atoms with E-state index in [0.717, 1.165) is 13.0 Å². The molecule has 0 aliphatic rings. The summed E-state index contributed by atoms with van der Waals surface area (Å²) in [5.41, 5.74) is 0.216. The lowest BCUT2D eigenvalue weighted by Crippen LogP contribution is -2.39. The molecule has 0 radical (unpaired) electrons. The van der Waals surface area contributed by atoms with E-state index in [1.807, 2.05) is 0 Å². The minimum absolute atomic E-state index is 0.0115. The summed E-state index contributed by atoms with van der Waals surface area (Å²) in [6.07, 6.45) is 1.07. The molecular formula is C11H25NO. The smallest absolute Gasteiger partial charge is 0.0598 e. The van der Waals surface area contributed by atoms with Crippen LogP contribution in [0.15, 0.2) is 0 Å². The van der Waals surface area contributed by atoms with Gasteiger partial charge in [-0.05, 0) is 55.1 Å². The van der Waals surface area contributed by atoms with Crippen LogP contribution in [0.5, 0.6) is 0 Å². The summed E-state index contributed by atoms with van der Waals surface area (Å²) in [6, 6.07) is 0. The molecule has 2 nitrogen and oxygen atoms in total. The first kappa shape index (κ1) is 12.9. The Hall–Kier alpha value is -0.0800. The van der Waals surface area contributed by atoms with Gasteiger partial charge >= 0.3 is 0 Å². The highest BCUT2D eigenvalue weighted by Crippen LogP contribution is 2.17. The SMILES string of the molecule is CN(C)C(C)(C)CCOC(C)(C)C. The Morgan fingerprint density at radius 2 is 1.46 bits per heavy atom. The molecule has 0 unspecified atom stereocenters. The topological polar surface area (TPSA) is 12.5 Å². The Kier molecular flexibility index (Phi) is 4.40. The molecule has 0 aliphatic heterocycles. The van der Waals surface area contributed by atoms with Crippen LogP contribution in [0.4, 0.5) is 0 Å². The van der Waals surface area contributed by atoms with Gasteiger partial charge in [-0.25, -0.2) is 0 Å². The van der Waals surface area contributed by atoms with Gasteiger partial charge in [0.15, 0.2) is 0 Å². The van der Waals surface area contributed by atoms with Crippen LogP contribution in [0.3, 0.4) is 0 Å². The van der Waals surface area contributed by atoms with Gasteiger partial charge in [0.2, 0.25) is 0 Å². The molecular weight excluding hydrogens is 162 g/mol. The zero-order chi connectivity index (χ0) is 10.7. The summed E-state index contributed by atoms with van der Waals surface area (Å²) >= 11 is 0. The molecule has 0 atom stereocenters. The average Bonchev–Trinajstić information content (AvgIpc) is 1.82. The van der Waals surface area contributed by atoms with Crippen molar-refractivity contribution < 1.29 is 4.74 Å². The molecule has 0 bridgehead atoms. The molecule has 0 fully saturated rings. The fraction of sp³-hybridized carbons (Fsp3) is 1.00. The molecule has 0 aliphatic carbocycles. The van der Waals surface area contributed by atoms with E-state index in [4.69, 9.17) is 4.74 Å². The predicted octanol–water partition coefficient (Wildman–Crippen LogP) is 2.53. The summed E-state index contributed by atoms with van der Waals surface area (Å²) in [5.74, 6) is 0. The van der Waals surface area contributed by atoms with E-state index < -0.39 is 0 Å². The quantitative estimate of drug-likeness (QED) is 0.670. The monoisotopic (exact) mass is 187 g/mol. The van der Waals surface area contributed by atoms with Crippen molar-refractivity contribution in [2.24, 2.45) is 0 Å². The fourth-order valence-electron chi connectivity index (χ4n) is 0.831. The second kappa shape index (κ2) is 4.43. The first-order valence-electron chi connectivity index (χ1n) is 4.96. The van der Waals surface area contributed by atoms with E-state index in [1.54, 1.807) is 0 Å². The maximum Gasteiger partial charge on any atom is 0.0598 e. The van der Waals surface area contributed by atoms with Gasteiger partial charge in [-0.1, -0.05) is 0 Å². The van der Waals surface area contributed by atoms with Gasteiger partial charge in [-0.15, -0.1) is 0 Å². The maximum atomic E-state index is 5.69. The van der Waals surface area contributed by atoms with Crippen molar-refractivity contribution in [3.8, 4) is 0 Å². The lowest BCUT2D eigenvalue weighted by Gasteiger charge is -2.33. The Morgan fingerprint density at radius 3 is 1.77 bits per heavy atom. The van der Waals surface area contributed by atoms with Crippen LogP contribution >= 0.6 is 0 Å². The number of nitrogens with zero attached hydrogens (tertiary/aromatic N) is 1. The fourth-order valence-corrected chi connectivity index (χ4v) is 0.831. The second-order valence-electron chi connectivity index (χ2n) is 5.42. The van der Waals surface area contributed by atoms with Crippen LogP contribution in [-0.4, -0.2) is 36.7 Å². The Morgan fingerprint density at radius 1 is 1.00 bits per heavy atom. The molecule has 0 amide bonds. The summed E-state index contributed by atoms with van der Waals surface area (Å²) in [7, 11) is 4.22. The Bertz CT molecular complexity index is 145. The van der Waals surface area contributed by atoms with Gasteiger partial charge in [-0.2, -0.15) is 0 Å². The van der Waals surface area contributed by atoms with Gasteiger partial charge in [0, 0.05) is 12.1 Å². The molecule has 0 heterocycles. The molecule has 0 saturated heterocycles. The van der Waals surface area contributed by atoms with Crippen molar-refractivity contribution in [2.45, 2.75) is 52.2 Å². The molecule has 0 saturated carbocycles. The largest absolute Gasteiger partial charge is 0.376 e. The molecule has 2 heteroatoms. The zero-order valence-electron chi connectivity index (χ0n) is 10.3. The highest BCUT2D eigenvalue weighted by molar-refractivity contribution is 4.76. The predicted molar refractivity (Wildman–Crippen MR) is 58.1 cm³/mol. The minimum atomic E-state index is -0.0115. The molecule has 80 valence electrons. The number of rotatable bonds is 4. The van der Waals surface area contributed by atoms with Gasteiger partial charge < -0.3 is 9.64 Å². The van der Waals surface area contributed by atoms with Crippen LogP contribution in [0, 0.1) is 0 Å². The highest BCUT2D eigenvalue weighted by Gasteiger charge is 2.21. The van der Waals surface area contributed by atoms with Crippen LogP contribution in [0.25, 0.3) is 0 Å². The van der Waals surface area contributed by atoms with E-state index in [2.05, 4.69) is 53.6 Å². The molecule has 0 spiro atoms. The van der Waals surface area contributed by atoms with Crippen LogP contribution in [0.2, 0.25) is 0 Å². The number of hydrogen-bond acceptors (Lipinski definition) is 2. The average molecular weight is 187 g/mol. The first-order valence-corrected chi connectivity index (χ1v) is 4.96. The van der Waals surface area contributed by atoms with E-state index in [0.29, 0.717) is 0 Å². The van der Waals surface area contributed by atoms with Crippen molar-refractivity contribution in [3.05, 3.63) is 0 Å². The molecule has 0 N–H and O–H groups in total. The van der Waals surface area contributed by atoms with Crippen molar-refractivity contribution in [1.82, 2.24) is 4.90 Å². The highest BCUT2D eigenvalue weighted by atomic mass is 16.5. The third-order valence-corrected chi connectivity index (χ3v) is 2.46. The molecule has 0 aromatic rings. The van der Waals surface area contributed by atoms with Crippen molar-refractivity contribution in [3.63, 3.8) is 0 Å². The number of hydrogen-bond donors (Lipinski definition) is 0. The van der Waals surface area contributed by atoms with Crippen molar-refractivity contribution in [2.75, 3.05) is 20.7 Å². The summed E-state index contributed by atoms with van der Waals surface area (Å²) in [6.45, 7) is 11.6. The minimum Gasteiger partial charge on any atom is -0.376 e. The van der Waals surface area contributed by atoms with Crippen LogP contribution in [-0.2, 0) is 4.74 Å². The van der Waals surface area contributed by atoms with Crippen LogP contribution in [0.1, 0.15) is 41.0 Å². The lowest BCUT2D eigenvalue weighted by molar-refractivity contribution is -0.0192. The lowest BCUT2D eigenvalue weighted by atomic mass is 10.00. The third kappa shape index (κ3) is 6.05.